The summed E-state index contributed by atoms with van der Waals surface area (Å²) in [7, 11) is 0. The molecule has 1 saturated heterocycles. The van der Waals surface area contributed by atoms with Crippen LogP contribution in [-0.4, -0.2) is 41.0 Å². The maximum atomic E-state index is 12.9. The Balaban J connectivity index is 1.71. The van der Waals surface area contributed by atoms with E-state index in [0.717, 1.165) is 17.6 Å². The van der Waals surface area contributed by atoms with Gasteiger partial charge in [0.2, 0.25) is 0 Å². The number of piperazine rings is 1. The van der Waals surface area contributed by atoms with Crippen molar-refractivity contribution in [2.75, 3.05) is 31.1 Å². The number of hydrogen-bond donors (Lipinski definition) is 0. The lowest BCUT2D eigenvalue weighted by molar-refractivity contribution is -0.141. The first kappa shape index (κ1) is 17.6. The van der Waals surface area contributed by atoms with E-state index in [-0.39, 0.29) is 11.4 Å². The highest BCUT2D eigenvalue weighted by atomic mass is 32.1. The molecule has 1 aliphatic rings. The Morgan fingerprint density at radius 1 is 1.24 bits per heavy atom. The van der Waals surface area contributed by atoms with Crippen LogP contribution in [0.2, 0.25) is 0 Å². The van der Waals surface area contributed by atoms with Gasteiger partial charge in [0.1, 0.15) is 17.6 Å². The van der Waals surface area contributed by atoms with E-state index in [4.69, 9.17) is 0 Å². The minimum absolute atomic E-state index is 0.116. The van der Waals surface area contributed by atoms with Gasteiger partial charge in [0, 0.05) is 43.8 Å². The Morgan fingerprint density at radius 3 is 2.52 bits per heavy atom. The van der Waals surface area contributed by atoms with Crippen molar-refractivity contribution >= 4 is 17.2 Å². The zero-order valence-electron chi connectivity index (χ0n) is 13.5. The molecule has 0 N–H and O–H groups in total. The van der Waals surface area contributed by atoms with Crippen LogP contribution in [0.3, 0.4) is 0 Å². The van der Waals surface area contributed by atoms with Gasteiger partial charge >= 0.3 is 6.18 Å². The molecule has 25 heavy (non-hydrogen) atoms. The monoisotopic (exact) mass is 367 g/mol. The van der Waals surface area contributed by atoms with Gasteiger partial charge in [-0.3, -0.25) is 4.90 Å². The van der Waals surface area contributed by atoms with E-state index in [1.54, 1.807) is 16.2 Å². The standard InChI is InChI=1S/C16H16F3N5S/c1-11-21-9-13(25-11)10-23-4-6-24(7-5-23)15-12(8-20)2-3-14(22-15)16(17,18)19/h2-3,9H,4-7,10H2,1H3. The average Bonchev–Trinajstić information content (AvgIpc) is 2.99. The molecule has 5 nitrogen and oxygen atoms in total. The molecule has 3 rings (SSSR count). The maximum Gasteiger partial charge on any atom is 0.433 e. The minimum Gasteiger partial charge on any atom is -0.353 e. The number of alkyl halides is 3. The summed E-state index contributed by atoms with van der Waals surface area (Å²) >= 11 is 1.64. The number of nitrogens with zero attached hydrogens (tertiary/aromatic N) is 5. The molecule has 0 spiro atoms. The highest BCUT2D eigenvalue weighted by Gasteiger charge is 2.34. The van der Waals surface area contributed by atoms with Crippen LogP contribution in [0, 0.1) is 18.3 Å². The fourth-order valence-electron chi connectivity index (χ4n) is 2.75. The van der Waals surface area contributed by atoms with Crippen LogP contribution in [0.5, 0.6) is 0 Å². The van der Waals surface area contributed by atoms with Crippen LogP contribution in [0.15, 0.2) is 18.3 Å². The first-order valence-corrected chi connectivity index (χ1v) is 8.55. The molecule has 1 aliphatic heterocycles. The van der Waals surface area contributed by atoms with Gasteiger partial charge in [0.05, 0.1) is 10.6 Å². The minimum atomic E-state index is -4.52. The van der Waals surface area contributed by atoms with E-state index < -0.39 is 11.9 Å². The lowest BCUT2D eigenvalue weighted by Crippen LogP contribution is -2.46. The number of aromatic nitrogens is 2. The average molecular weight is 367 g/mol. The number of halogens is 3. The second kappa shape index (κ2) is 6.98. The lowest BCUT2D eigenvalue weighted by Gasteiger charge is -2.35. The zero-order chi connectivity index (χ0) is 18.0. The summed E-state index contributed by atoms with van der Waals surface area (Å²) in [6.07, 6.45) is -2.66. The second-order valence-corrected chi connectivity index (χ2v) is 7.11. The maximum absolute atomic E-state index is 12.9. The first-order chi connectivity index (χ1) is 11.9. The van der Waals surface area contributed by atoms with Crippen LogP contribution in [-0.2, 0) is 12.7 Å². The van der Waals surface area contributed by atoms with Crippen LogP contribution < -0.4 is 4.90 Å². The quantitative estimate of drug-likeness (QED) is 0.835. The van der Waals surface area contributed by atoms with Crippen molar-refractivity contribution in [1.29, 1.82) is 5.26 Å². The van der Waals surface area contributed by atoms with Crippen molar-refractivity contribution in [3.8, 4) is 6.07 Å². The fourth-order valence-corrected chi connectivity index (χ4v) is 3.59. The third-order valence-electron chi connectivity index (χ3n) is 4.01. The van der Waals surface area contributed by atoms with Gasteiger partial charge in [-0.25, -0.2) is 9.97 Å². The van der Waals surface area contributed by atoms with Gasteiger partial charge in [-0.15, -0.1) is 11.3 Å². The molecule has 0 bridgehead atoms. The number of anilines is 1. The highest BCUT2D eigenvalue weighted by molar-refractivity contribution is 7.11. The van der Waals surface area contributed by atoms with Gasteiger partial charge in [0.25, 0.3) is 0 Å². The summed E-state index contributed by atoms with van der Waals surface area (Å²) in [5, 5.41) is 10.2. The smallest absolute Gasteiger partial charge is 0.353 e. The van der Waals surface area contributed by atoms with E-state index in [0.29, 0.717) is 26.2 Å². The van der Waals surface area contributed by atoms with Crippen molar-refractivity contribution in [3.05, 3.63) is 39.5 Å². The van der Waals surface area contributed by atoms with Crippen molar-refractivity contribution in [2.45, 2.75) is 19.6 Å². The van der Waals surface area contributed by atoms with Crippen molar-refractivity contribution in [1.82, 2.24) is 14.9 Å². The van der Waals surface area contributed by atoms with E-state index in [1.807, 2.05) is 19.2 Å². The number of aryl methyl sites for hydroxylation is 1. The molecule has 0 aliphatic carbocycles. The van der Waals surface area contributed by atoms with Gasteiger partial charge in [0.15, 0.2) is 0 Å². The normalized spacial score (nSPS) is 16.0. The van der Waals surface area contributed by atoms with Crippen LogP contribution in [0.4, 0.5) is 19.0 Å². The molecule has 0 unspecified atom stereocenters. The van der Waals surface area contributed by atoms with E-state index in [2.05, 4.69) is 14.9 Å². The Kier molecular flexibility index (Phi) is 4.92. The SMILES string of the molecule is Cc1ncc(CN2CCN(c3nc(C(F)(F)F)ccc3C#N)CC2)s1. The van der Waals surface area contributed by atoms with Crippen LogP contribution in [0.1, 0.15) is 21.1 Å². The summed E-state index contributed by atoms with van der Waals surface area (Å²) in [6, 6.07) is 3.98. The first-order valence-electron chi connectivity index (χ1n) is 7.74. The molecule has 0 aromatic carbocycles. The molecule has 3 heterocycles. The van der Waals surface area contributed by atoms with Gasteiger partial charge in [-0.05, 0) is 19.1 Å². The summed E-state index contributed by atoms with van der Waals surface area (Å²) in [5.41, 5.74) is -0.802. The van der Waals surface area contributed by atoms with E-state index >= 15 is 0 Å². The molecule has 0 amide bonds. The molecule has 132 valence electrons. The number of nitriles is 1. The third-order valence-corrected chi connectivity index (χ3v) is 4.90. The highest BCUT2D eigenvalue weighted by Crippen LogP contribution is 2.30. The van der Waals surface area contributed by atoms with Gasteiger partial charge < -0.3 is 4.90 Å². The van der Waals surface area contributed by atoms with Gasteiger partial charge in [-0.1, -0.05) is 0 Å². The van der Waals surface area contributed by atoms with Crippen molar-refractivity contribution in [2.24, 2.45) is 0 Å². The number of pyridine rings is 1. The molecule has 2 aromatic heterocycles. The predicted octanol–water partition coefficient (Wildman–Crippen LogP) is 3.06. The predicted molar refractivity (Wildman–Crippen MR) is 88.3 cm³/mol. The molecule has 1 fully saturated rings. The summed E-state index contributed by atoms with van der Waals surface area (Å²) in [5.74, 6) is 0.116. The number of rotatable bonds is 3. The molecule has 0 radical (unpaired) electrons. The molecular formula is C16H16F3N5S. The summed E-state index contributed by atoms with van der Waals surface area (Å²) < 4.78 is 38.7. The third kappa shape index (κ3) is 4.08. The Morgan fingerprint density at radius 2 is 1.96 bits per heavy atom. The topological polar surface area (TPSA) is 56.1 Å². The largest absolute Gasteiger partial charge is 0.433 e. The molecular weight excluding hydrogens is 351 g/mol. The van der Waals surface area contributed by atoms with Gasteiger partial charge in [-0.2, -0.15) is 18.4 Å². The Hall–Kier alpha value is -2.18. The Labute approximate surface area is 147 Å². The molecule has 2 aromatic rings. The summed E-state index contributed by atoms with van der Waals surface area (Å²) in [6.45, 7) is 5.18. The summed E-state index contributed by atoms with van der Waals surface area (Å²) in [4.78, 5) is 13.1. The van der Waals surface area contributed by atoms with Crippen molar-refractivity contribution < 1.29 is 13.2 Å². The molecule has 0 atom stereocenters. The van der Waals surface area contributed by atoms with Crippen LogP contribution >= 0.6 is 11.3 Å². The fraction of sp³-hybridized carbons (Fsp3) is 0.438. The Bertz CT molecular complexity index is 788. The van der Waals surface area contributed by atoms with Crippen LogP contribution in [0.25, 0.3) is 0 Å². The molecule has 0 saturated carbocycles. The number of hydrogen-bond acceptors (Lipinski definition) is 6. The zero-order valence-corrected chi connectivity index (χ0v) is 14.4. The second-order valence-electron chi connectivity index (χ2n) is 5.79. The van der Waals surface area contributed by atoms with Crippen molar-refractivity contribution in [3.63, 3.8) is 0 Å². The van der Waals surface area contributed by atoms with E-state index in [9.17, 15) is 18.4 Å². The van der Waals surface area contributed by atoms with E-state index in [1.165, 1.54) is 10.9 Å². The number of thiazole rings is 1. The molecule has 9 heteroatoms. The lowest BCUT2D eigenvalue weighted by atomic mass is 10.2.